The zero-order valence-electron chi connectivity index (χ0n) is 11.2. The van der Waals surface area contributed by atoms with E-state index in [1.807, 2.05) is 6.92 Å². The van der Waals surface area contributed by atoms with Gasteiger partial charge in [-0.3, -0.25) is 9.69 Å². The van der Waals surface area contributed by atoms with Crippen LogP contribution in [0.5, 0.6) is 0 Å². The van der Waals surface area contributed by atoms with Gasteiger partial charge in [-0.15, -0.1) is 0 Å². The summed E-state index contributed by atoms with van der Waals surface area (Å²) in [6.07, 6.45) is 3.99. The molecule has 0 spiro atoms. The van der Waals surface area contributed by atoms with Gasteiger partial charge >= 0.3 is 5.97 Å². The van der Waals surface area contributed by atoms with Gasteiger partial charge in [0.05, 0.1) is 0 Å². The topological polar surface area (TPSA) is 49.8 Å². The number of hydrogen-bond donors (Lipinski definition) is 1. The number of likely N-dealkylation sites (tertiary alicyclic amines) is 1. The fourth-order valence-corrected chi connectivity index (χ4v) is 2.54. The summed E-state index contributed by atoms with van der Waals surface area (Å²) in [6.45, 7) is 6.31. The van der Waals surface area contributed by atoms with Crippen molar-refractivity contribution < 1.29 is 14.6 Å². The summed E-state index contributed by atoms with van der Waals surface area (Å²) in [5.74, 6) is 0.0382. The van der Waals surface area contributed by atoms with E-state index in [1.165, 1.54) is 6.42 Å². The summed E-state index contributed by atoms with van der Waals surface area (Å²) in [4.78, 5) is 13.6. The molecule has 0 aliphatic carbocycles. The molecule has 0 aromatic carbocycles. The average Bonchev–Trinajstić information content (AvgIpc) is 2.35. The number of hydrogen-bond acceptors (Lipinski definition) is 3. The van der Waals surface area contributed by atoms with Crippen LogP contribution in [0.4, 0.5) is 0 Å². The normalized spacial score (nSPS) is 22.3. The largest absolute Gasteiger partial charge is 0.480 e. The molecule has 1 rings (SSSR count). The Morgan fingerprint density at radius 1 is 1.47 bits per heavy atom. The van der Waals surface area contributed by atoms with Gasteiger partial charge in [0.25, 0.3) is 0 Å². The second-order valence-electron chi connectivity index (χ2n) is 5.16. The molecule has 1 N–H and O–H groups in total. The van der Waals surface area contributed by atoms with E-state index in [0.717, 1.165) is 31.8 Å². The van der Waals surface area contributed by atoms with Crippen molar-refractivity contribution in [3.8, 4) is 0 Å². The van der Waals surface area contributed by atoms with Gasteiger partial charge in [-0.2, -0.15) is 0 Å². The van der Waals surface area contributed by atoms with Gasteiger partial charge in [0, 0.05) is 13.7 Å². The monoisotopic (exact) mass is 243 g/mol. The third-order valence-electron chi connectivity index (χ3n) is 4.14. The van der Waals surface area contributed by atoms with E-state index >= 15 is 0 Å². The predicted octanol–water partition coefficient (Wildman–Crippen LogP) is 1.99. The first-order chi connectivity index (χ1) is 8.04. The zero-order valence-corrected chi connectivity index (χ0v) is 11.2. The fraction of sp³-hybridized carbons (Fsp3) is 0.923. The van der Waals surface area contributed by atoms with E-state index in [1.54, 1.807) is 7.11 Å². The van der Waals surface area contributed by atoms with E-state index in [-0.39, 0.29) is 0 Å². The van der Waals surface area contributed by atoms with E-state index < -0.39 is 11.5 Å². The van der Waals surface area contributed by atoms with Crippen molar-refractivity contribution in [2.24, 2.45) is 5.92 Å². The van der Waals surface area contributed by atoms with Crippen LogP contribution < -0.4 is 0 Å². The lowest BCUT2D eigenvalue weighted by atomic mass is 9.88. The molecule has 0 amide bonds. The van der Waals surface area contributed by atoms with Gasteiger partial charge in [-0.25, -0.2) is 0 Å². The molecule has 1 saturated heterocycles. The van der Waals surface area contributed by atoms with Crippen LogP contribution >= 0.6 is 0 Å². The highest BCUT2D eigenvalue weighted by atomic mass is 16.5. The van der Waals surface area contributed by atoms with Gasteiger partial charge in [0.15, 0.2) is 0 Å². The third-order valence-corrected chi connectivity index (χ3v) is 4.14. The third kappa shape index (κ3) is 3.42. The Bertz CT molecular complexity index is 249. The van der Waals surface area contributed by atoms with Gasteiger partial charge in [-0.1, -0.05) is 13.3 Å². The first kappa shape index (κ1) is 14.5. The van der Waals surface area contributed by atoms with Gasteiger partial charge in [-0.05, 0) is 45.2 Å². The number of nitrogens with zero attached hydrogens (tertiary/aromatic N) is 1. The second kappa shape index (κ2) is 6.36. The van der Waals surface area contributed by atoms with Crippen LogP contribution in [-0.2, 0) is 9.53 Å². The van der Waals surface area contributed by atoms with Crippen LogP contribution in [-0.4, -0.2) is 48.3 Å². The number of piperidine rings is 1. The molecule has 0 aromatic heterocycles. The van der Waals surface area contributed by atoms with E-state index in [0.29, 0.717) is 13.0 Å². The molecular formula is C13H25NO3. The first-order valence-electron chi connectivity index (χ1n) is 6.52. The fourth-order valence-electron chi connectivity index (χ4n) is 2.54. The number of carbonyl (C=O) groups is 1. The summed E-state index contributed by atoms with van der Waals surface area (Å²) < 4.78 is 5.03. The maximum atomic E-state index is 11.5. The highest BCUT2D eigenvalue weighted by Gasteiger charge is 2.40. The molecule has 0 bridgehead atoms. The summed E-state index contributed by atoms with van der Waals surface area (Å²) >= 11 is 0. The minimum absolute atomic E-state index is 0.497. The Morgan fingerprint density at radius 3 is 2.47 bits per heavy atom. The van der Waals surface area contributed by atoms with Crippen molar-refractivity contribution in [2.45, 2.75) is 45.1 Å². The lowest BCUT2D eigenvalue weighted by Crippen LogP contribution is -2.55. The molecule has 4 heteroatoms. The van der Waals surface area contributed by atoms with E-state index in [4.69, 9.17) is 4.74 Å². The van der Waals surface area contributed by atoms with Gasteiger partial charge < -0.3 is 9.84 Å². The van der Waals surface area contributed by atoms with Crippen LogP contribution in [0.3, 0.4) is 0 Å². The molecule has 0 saturated carbocycles. The average molecular weight is 243 g/mol. The highest BCUT2D eigenvalue weighted by Crippen LogP contribution is 2.28. The molecule has 1 fully saturated rings. The summed E-state index contributed by atoms with van der Waals surface area (Å²) in [5, 5.41) is 9.44. The van der Waals surface area contributed by atoms with Crippen molar-refractivity contribution in [3.63, 3.8) is 0 Å². The van der Waals surface area contributed by atoms with Crippen molar-refractivity contribution in [3.05, 3.63) is 0 Å². The Hall–Kier alpha value is -0.610. The van der Waals surface area contributed by atoms with Gasteiger partial charge in [0.2, 0.25) is 0 Å². The summed E-state index contributed by atoms with van der Waals surface area (Å²) in [5.41, 5.74) is -0.769. The molecule has 0 aromatic rings. The number of aliphatic carboxylic acids is 1. The standard InChI is InChI=1S/C13H25NO3/c1-4-11-5-8-14(9-6-11)13(2,12(15)16)7-10-17-3/h11H,4-10H2,1-3H3,(H,15,16). The quantitative estimate of drug-likeness (QED) is 0.775. The van der Waals surface area contributed by atoms with E-state index in [2.05, 4.69) is 11.8 Å². The number of ether oxygens (including phenoxy) is 1. The maximum absolute atomic E-state index is 11.5. The van der Waals surface area contributed by atoms with Crippen molar-refractivity contribution in [2.75, 3.05) is 26.8 Å². The number of rotatable bonds is 6. The Morgan fingerprint density at radius 2 is 2.06 bits per heavy atom. The summed E-state index contributed by atoms with van der Waals surface area (Å²) in [6, 6.07) is 0. The number of carboxylic acids is 1. The first-order valence-corrected chi connectivity index (χ1v) is 6.52. The number of carboxylic acid groups (broad SMARTS) is 1. The number of methoxy groups -OCH3 is 1. The molecule has 0 radical (unpaired) electrons. The minimum atomic E-state index is -0.769. The van der Waals surface area contributed by atoms with Crippen LogP contribution in [0.25, 0.3) is 0 Å². The molecular weight excluding hydrogens is 218 g/mol. The van der Waals surface area contributed by atoms with Crippen molar-refractivity contribution in [1.29, 1.82) is 0 Å². The van der Waals surface area contributed by atoms with Crippen LogP contribution in [0.1, 0.15) is 39.5 Å². The smallest absolute Gasteiger partial charge is 0.323 e. The Balaban J connectivity index is 2.62. The van der Waals surface area contributed by atoms with Crippen LogP contribution in [0.15, 0.2) is 0 Å². The lowest BCUT2D eigenvalue weighted by molar-refractivity contribution is -0.153. The Kier molecular flexibility index (Phi) is 5.40. The highest BCUT2D eigenvalue weighted by molar-refractivity contribution is 5.78. The van der Waals surface area contributed by atoms with Crippen LogP contribution in [0, 0.1) is 5.92 Å². The van der Waals surface area contributed by atoms with Crippen molar-refractivity contribution >= 4 is 5.97 Å². The Labute approximate surface area is 104 Å². The molecule has 1 heterocycles. The lowest BCUT2D eigenvalue weighted by Gasteiger charge is -2.42. The van der Waals surface area contributed by atoms with Gasteiger partial charge in [0.1, 0.15) is 5.54 Å². The summed E-state index contributed by atoms with van der Waals surface area (Å²) in [7, 11) is 1.62. The molecule has 4 nitrogen and oxygen atoms in total. The predicted molar refractivity (Wildman–Crippen MR) is 67.1 cm³/mol. The zero-order chi connectivity index (χ0) is 12.9. The second-order valence-corrected chi connectivity index (χ2v) is 5.16. The molecule has 1 aliphatic heterocycles. The molecule has 100 valence electrons. The molecule has 1 unspecified atom stereocenters. The maximum Gasteiger partial charge on any atom is 0.323 e. The van der Waals surface area contributed by atoms with Crippen molar-refractivity contribution in [1.82, 2.24) is 4.90 Å². The SMILES string of the molecule is CCC1CCN(C(C)(CCOC)C(=O)O)CC1. The molecule has 1 atom stereocenters. The van der Waals surface area contributed by atoms with E-state index in [9.17, 15) is 9.90 Å². The van der Waals surface area contributed by atoms with Crippen LogP contribution in [0.2, 0.25) is 0 Å². The minimum Gasteiger partial charge on any atom is -0.480 e. The molecule has 17 heavy (non-hydrogen) atoms. The molecule has 1 aliphatic rings.